The highest BCUT2D eigenvalue weighted by molar-refractivity contribution is 5.64. The van der Waals surface area contributed by atoms with E-state index in [1.54, 1.807) is 0 Å². The standard InChI is InChI=1S/C18H18/c1-3-5-6-16-9-13-18(14-10-16)17-11-7-15(4-2)8-12-17/h2,7-14H,3,5-6H2,1H3. The summed E-state index contributed by atoms with van der Waals surface area (Å²) in [6.45, 7) is 2.22. The number of rotatable bonds is 4. The minimum Gasteiger partial charge on any atom is -0.115 e. The van der Waals surface area contributed by atoms with E-state index in [0.29, 0.717) is 0 Å². The number of benzene rings is 2. The van der Waals surface area contributed by atoms with Gasteiger partial charge in [0.15, 0.2) is 0 Å². The molecule has 0 heteroatoms. The lowest BCUT2D eigenvalue weighted by atomic mass is 10.0. The molecular formula is C18H18. The van der Waals surface area contributed by atoms with Crippen LogP contribution in [0.1, 0.15) is 30.9 Å². The zero-order chi connectivity index (χ0) is 12.8. The van der Waals surface area contributed by atoms with Crippen molar-refractivity contribution >= 4 is 0 Å². The topological polar surface area (TPSA) is 0 Å². The van der Waals surface area contributed by atoms with E-state index in [2.05, 4.69) is 49.2 Å². The Labute approximate surface area is 110 Å². The third-order valence-electron chi connectivity index (χ3n) is 3.16. The number of unbranched alkanes of at least 4 members (excludes halogenated alkanes) is 1. The molecule has 0 fully saturated rings. The molecule has 0 spiro atoms. The van der Waals surface area contributed by atoms with E-state index in [1.165, 1.54) is 36.0 Å². The quantitative estimate of drug-likeness (QED) is 0.674. The molecule has 2 aromatic carbocycles. The van der Waals surface area contributed by atoms with Gasteiger partial charge in [0.2, 0.25) is 0 Å². The van der Waals surface area contributed by atoms with Crippen molar-refractivity contribution < 1.29 is 0 Å². The van der Waals surface area contributed by atoms with Crippen LogP contribution in [0.25, 0.3) is 11.1 Å². The van der Waals surface area contributed by atoms with Crippen LogP contribution in [-0.4, -0.2) is 0 Å². The van der Waals surface area contributed by atoms with Crippen molar-refractivity contribution in [2.45, 2.75) is 26.2 Å². The van der Waals surface area contributed by atoms with Gasteiger partial charge >= 0.3 is 0 Å². The van der Waals surface area contributed by atoms with Crippen LogP contribution in [0.3, 0.4) is 0 Å². The SMILES string of the molecule is C#Cc1ccc(-c2ccc(CCCC)cc2)cc1. The molecule has 0 heterocycles. The predicted molar refractivity (Wildman–Crippen MR) is 78.4 cm³/mol. The molecule has 0 aromatic heterocycles. The van der Waals surface area contributed by atoms with Gasteiger partial charge in [-0.25, -0.2) is 0 Å². The molecule has 0 amide bonds. The van der Waals surface area contributed by atoms with Crippen LogP contribution < -0.4 is 0 Å². The van der Waals surface area contributed by atoms with Crippen LogP contribution in [0.5, 0.6) is 0 Å². The molecule has 0 aliphatic carbocycles. The predicted octanol–water partition coefficient (Wildman–Crippen LogP) is 4.68. The fourth-order valence-electron chi connectivity index (χ4n) is 2.00. The first-order valence-corrected chi connectivity index (χ1v) is 6.49. The highest BCUT2D eigenvalue weighted by Gasteiger charge is 1.98. The number of hydrogen-bond donors (Lipinski definition) is 0. The molecule has 18 heavy (non-hydrogen) atoms. The average molecular weight is 234 g/mol. The van der Waals surface area contributed by atoms with Crippen LogP contribution in [0.15, 0.2) is 48.5 Å². The summed E-state index contributed by atoms with van der Waals surface area (Å²) in [4.78, 5) is 0. The van der Waals surface area contributed by atoms with Crippen molar-refractivity contribution in [3.8, 4) is 23.5 Å². The fourth-order valence-corrected chi connectivity index (χ4v) is 2.00. The second kappa shape index (κ2) is 6.07. The Hall–Kier alpha value is -2.00. The molecule has 0 saturated heterocycles. The van der Waals surface area contributed by atoms with Crippen LogP contribution in [0.4, 0.5) is 0 Å². The average Bonchev–Trinajstić information content (AvgIpc) is 2.46. The Morgan fingerprint density at radius 2 is 1.44 bits per heavy atom. The lowest BCUT2D eigenvalue weighted by Gasteiger charge is -2.04. The molecule has 0 atom stereocenters. The van der Waals surface area contributed by atoms with Crippen molar-refractivity contribution in [3.05, 3.63) is 59.7 Å². The van der Waals surface area contributed by atoms with Gasteiger partial charge in [-0.3, -0.25) is 0 Å². The Balaban J connectivity index is 2.15. The van der Waals surface area contributed by atoms with Gasteiger partial charge < -0.3 is 0 Å². The second-order valence-electron chi connectivity index (χ2n) is 4.52. The molecule has 0 radical (unpaired) electrons. The van der Waals surface area contributed by atoms with E-state index < -0.39 is 0 Å². The Kier molecular flexibility index (Phi) is 4.20. The van der Waals surface area contributed by atoms with E-state index in [0.717, 1.165) is 5.56 Å². The van der Waals surface area contributed by atoms with Gasteiger partial charge in [-0.15, -0.1) is 6.42 Å². The molecule has 0 N–H and O–H groups in total. The van der Waals surface area contributed by atoms with Crippen molar-refractivity contribution in [1.29, 1.82) is 0 Å². The second-order valence-corrected chi connectivity index (χ2v) is 4.52. The monoisotopic (exact) mass is 234 g/mol. The summed E-state index contributed by atoms with van der Waals surface area (Å²) < 4.78 is 0. The van der Waals surface area contributed by atoms with Gasteiger partial charge in [-0.1, -0.05) is 55.7 Å². The third-order valence-corrected chi connectivity index (χ3v) is 3.16. The normalized spacial score (nSPS) is 10.0. The largest absolute Gasteiger partial charge is 0.115 e. The van der Waals surface area contributed by atoms with Crippen LogP contribution in [0.2, 0.25) is 0 Å². The summed E-state index contributed by atoms with van der Waals surface area (Å²) in [6, 6.07) is 17.0. The Bertz CT molecular complexity index is 524. The molecule has 2 aromatic rings. The molecule has 90 valence electrons. The summed E-state index contributed by atoms with van der Waals surface area (Å²) in [5, 5.41) is 0. The summed E-state index contributed by atoms with van der Waals surface area (Å²) >= 11 is 0. The number of terminal acetylenes is 1. The first-order valence-electron chi connectivity index (χ1n) is 6.49. The fraction of sp³-hybridized carbons (Fsp3) is 0.222. The summed E-state index contributed by atoms with van der Waals surface area (Å²) in [7, 11) is 0. The van der Waals surface area contributed by atoms with E-state index >= 15 is 0 Å². The zero-order valence-electron chi connectivity index (χ0n) is 10.8. The maximum Gasteiger partial charge on any atom is 0.0243 e. The van der Waals surface area contributed by atoms with Crippen LogP contribution in [-0.2, 0) is 6.42 Å². The minimum absolute atomic E-state index is 0.929. The lowest BCUT2D eigenvalue weighted by Crippen LogP contribution is -1.85. The highest BCUT2D eigenvalue weighted by Crippen LogP contribution is 2.20. The van der Waals surface area contributed by atoms with Crippen LogP contribution >= 0.6 is 0 Å². The highest BCUT2D eigenvalue weighted by atomic mass is 14.0. The van der Waals surface area contributed by atoms with Crippen LogP contribution in [0, 0.1) is 12.3 Å². The van der Waals surface area contributed by atoms with Gasteiger partial charge in [-0.2, -0.15) is 0 Å². The first-order chi connectivity index (χ1) is 8.83. The van der Waals surface area contributed by atoms with Crippen molar-refractivity contribution in [2.75, 3.05) is 0 Å². The smallest absolute Gasteiger partial charge is 0.0243 e. The van der Waals surface area contributed by atoms with Crippen molar-refractivity contribution in [1.82, 2.24) is 0 Å². The molecule has 0 nitrogen and oxygen atoms in total. The van der Waals surface area contributed by atoms with Crippen molar-refractivity contribution in [3.63, 3.8) is 0 Å². The Morgan fingerprint density at radius 1 is 0.889 bits per heavy atom. The molecule has 0 aliphatic rings. The molecular weight excluding hydrogens is 216 g/mol. The number of hydrogen-bond acceptors (Lipinski definition) is 0. The minimum atomic E-state index is 0.929. The van der Waals surface area contributed by atoms with Gasteiger partial charge in [0.25, 0.3) is 0 Å². The Morgan fingerprint density at radius 3 is 1.94 bits per heavy atom. The third kappa shape index (κ3) is 3.02. The molecule has 0 unspecified atom stereocenters. The summed E-state index contributed by atoms with van der Waals surface area (Å²) in [5.74, 6) is 2.64. The van der Waals surface area contributed by atoms with Gasteiger partial charge in [0, 0.05) is 5.56 Å². The lowest BCUT2D eigenvalue weighted by molar-refractivity contribution is 0.795. The van der Waals surface area contributed by atoms with E-state index in [-0.39, 0.29) is 0 Å². The van der Waals surface area contributed by atoms with E-state index in [4.69, 9.17) is 6.42 Å². The maximum absolute atomic E-state index is 5.35. The summed E-state index contributed by atoms with van der Waals surface area (Å²) in [6.07, 6.45) is 9.03. The maximum atomic E-state index is 5.35. The van der Waals surface area contributed by atoms with E-state index in [1.807, 2.05) is 12.1 Å². The van der Waals surface area contributed by atoms with Gasteiger partial charge in [-0.05, 0) is 41.7 Å². The van der Waals surface area contributed by atoms with Gasteiger partial charge in [0.05, 0.1) is 0 Å². The molecule has 0 saturated carbocycles. The number of aryl methyl sites for hydroxylation is 1. The molecule has 0 bridgehead atoms. The summed E-state index contributed by atoms with van der Waals surface area (Å²) in [5.41, 5.74) is 4.81. The zero-order valence-corrected chi connectivity index (χ0v) is 10.8. The van der Waals surface area contributed by atoms with E-state index in [9.17, 15) is 0 Å². The molecule has 0 aliphatic heterocycles. The molecule has 2 rings (SSSR count). The van der Waals surface area contributed by atoms with Crippen molar-refractivity contribution in [2.24, 2.45) is 0 Å². The first kappa shape index (κ1) is 12.5. The van der Waals surface area contributed by atoms with Gasteiger partial charge in [0.1, 0.15) is 0 Å².